The Morgan fingerprint density at radius 1 is 1.13 bits per heavy atom. The van der Waals surface area contributed by atoms with Crippen LogP contribution in [0.25, 0.3) is 11.3 Å². The van der Waals surface area contributed by atoms with Gasteiger partial charge in [0.2, 0.25) is 0 Å². The molecular weight excluding hydrogens is 423 g/mol. The normalized spacial score (nSPS) is 14.1. The van der Waals surface area contributed by atoms with Gasteiger partial charge in [-0.25, -0.2) is 0 Å². The van der Waals surface area contributed by atoms with Gasteiger partial charge in [-0.05, 0) is 49.2 Å². The minimum absolute atomic E-state index is 0.137. The summed E-state index contributed by atoms with van der Waals surface area (Å²) in [6.07, 6.45) is 8.25. The highest BCUT2D eigenvalue weighted by Gasteiger charge is 2.22. The molecule has 0 saturated heterocycles. The van der Waals surface area contributed by atoms with Gasteiger partial charge in [0.15, 0.2) is 6.61 Å². The molecule has 3 aromatic rings. The summed E-state index contributed by atoms with van der Waals surface area (Å²) in [5, 5.41) is 8.53. The molecular formula is C22H22Cl2N4O2. The van der Waals surface area contributed by atoms with E-state index in [9.17, 15) is 4.79 Å². The molecule has 1 amide bonds. The smallest absolute Gasteiger partial charge is 0.258 e. The Hall–Kier alpha value is -2.57. The molecule has 4 rings (SSSR count). The van der Waals surface area contributed by atoms with Gasteiger partial charge < -0.3 is 10.1 Å². The molecule has 1 aliphatic carbocycles. The van der Waals surface area contributed by atoms with Gasteiger partial charge in [-0.3, -0.25) is 14.5 Å². The fraction of sp³-hybridized carbons (Fsp3) is 0.318. The average Bonchev–Trinajstić information content (AvgIpc) is 3.42. The molecule has 6 nitrogen and oxygen atoms in total. The number of nitrogens with one attached hydrogen (secondary N) is 1. The van der Waals surface area contributed by atoms with Gasteiger partial charge in [0.25, 0.3) is 5.91 Å². The van der Waals surface area contributed by atoms with Gasteiger partial charge in [-0.2, -0.15) is 5.10 Å². The summed E-state index contributed by atoms with van der Waals surface area (Å²) in [5.74, 6) is 0.170. The number of amides is 1. The predicted octanol–water partition coefficient (Wildman–Crippen LogP) is 5.06. The van der Waals surface area contributed by atoms with Crippen LogP contribution in [0, 0.1) is 0 Å². The topological polar surface area (TPSA) is 69.0 Å². The molecule has 0 aliphatic heterocycles. The van der Waals surface area contributed by atoms with Gasteiger partial charge in [-0.1, -0.05) is 36.0 Å². The Kier molecular flexibility index (Phi) is 6.55. The van der Waals surface area contributed by atoms with Crippen molar-refractivity contribution in [1.29, 1.82) is 0 Å². The van der Waals surface area contributed by atoms with Crippen LogP contribution in [0.4, 0.5) is 0 Å². The Morgan fingerprint density at radius 2 is 1.90 bits per heavy atom. The molecule has 0 radical (unpaired) electrons. The van der Waals surface area contributed by atoms with Gasteiger partial charge in [-0.15, -0.1) is 0 Å². The molecule has 1 fully saturated rings. The molecule has 0 atom stereocenters. The lowest BCUT2D eigenvalue weighted by Crippen LogP contribution is -2.28. The highest BCUT2D eigenvalue weighted by atomic mass is 35.5. The van der Waals surface area contributed by atoms with Crippen molar-refractivity contribution in [2.75, 3.05) is 6.61 Å². The van der Waals surface area contributed by atoms with E-state index in [0.717, 1.165) is 29.8 Å². The fourth-order valence-electron chi connectivity index (χ4n) is 3.67. The lowest BCUT2D eigenvalue weighted by atomic mass is 10.1. The van der Waals surface area contributed by atoms with Crippen molar-refractivity contribution in [3.05, 3.63) is 64.5 Å². The van der Waals surface area contributed by atoms with Crippen LogP contribution in [0.2, 0.25) is 10.0 Å². The SMILES string of the molecule is O=C(COc1ccc(Cl)cc1Cl)NCc1cc(-c2ccncc2)n(C2CCCC2)n1. The zero-order chi connectivity index (χ0) is 20.9. The van der Waals surface area contributed by atoms with E-state index in [1.165, 1.54) is 12.8 Å². The van der Waals surface area contributed by atoms with Crippen LogP contribution < -0.4 is 10.1 Å². The van der Waals surface area contributed by atoms with E-state index in [-0.39, 0.29) is 12.5 Å². The lowest BCUT2D eigenvalue weighted by molar-refractivity contribution is -0.123. The van der Waals surface area contributed by atoms with Crippen molar-refractivity contribution in [3.63, 3.8) is 0 Å². The van der Waals surface area contributed by atoms with Crippen molar-refractivity contribution in [3.8, 4) is 17.0 Å². The quantitative estimate of drug-likeness (QED) is 0.552. The first kappa shape index (κ1) is 20.7. The third-order valence-electron chi connectivity index (χ3n) is 5.15. The van der Waals surface area contributed by atoms with E-state index in [2.05, 4.69) is 15.0 Å². The molecule has 2 aromatic heterocycles. The Morgan fingerprint density at radius 3 is 2.63 bits per heavy atom. The summed E-state index contributed by atoms with van der Waals surface area (Å²) in [6.45, 7) is 0.191. The highest BCUT2D eigenvalue weighted by Crippen LogP contribution is 2.33. The summed E-state index contributed by atoms with van der Waals surface area (Å²) >= 11 is 11.9. The number of aromatic nitrogens is 3. The first-order valence-corrected chi connectivity index (χ1v) is 10.7. The number of ether oxygens (including phenoxy) is 1. The van der Waals surface area contributed by atoms with E-state index in [1.54, 1.807) is 30.6 Å². The van der Waals surface area contributed by atoms with Gasteiger partial charge in [0.05, 0.1) is 29.0 Å². The molecule has 0 unspecified atom stereocenters. The standard InChI is InChI=1S/C22H22Cl2N4O2/c23-16-5-6-21(19(24)11-16)30-14-22(29)26-13-17-12-20(15-7-9-25-10-8-15)28(27-17)18-3-1-2-4-18/h5-12,18H,1-4,13-14H2,(H,26,29). The number of pyridine rings is 1. The summed E-state index contributed by atoms with van der Waals surface area (Å²) in [4.78, 5) is 16.3. The predicted molar refractivity (Wildman–Crippen MR) is 117 cm³/mol. The van der Waals surface area contributed by atoms with Crippen LogP contribution in [0.3, 0.4) is 0 Å². The molecule has 8 heteroatoms. The number of hydrogen-bond donors (Lipinski definition) is 1. The second kappa shape index (κ2) is 9.49. The number of carbonyl (C=O) groups excluding carboxylic acids is 1. The number of rotatable bonds is 7. The summed E-state index contributed by atoms with van der Waals surface area (Å²) in [6, 6.07) is 11.3. The molecule has 2 heterocycles. The van der Waals surface area contributed by atoms with Crippen molar-refractivity contribution in [2.45, 2.75) is 38.3 Å². The van der Waals surface area contributed by atoms with Crippen LogP contribution in [-0.2, 0) is 11.3 Å². The molecule has 1 saturated carbocycles. The third kappa shape index (κ3) is 4.94. The van der Waals surface area contributed by atoms with Crippen LogP contribution >= 0.6 is 23.2 Å². The van der Waals surface area contributed by atoms with Crippen LogP contribution in [0.15, 0.2) is 48.8 Å². The molecule has 156 valence electrons. The van der Waals surface area contributed by atoms with E-state index >= 15 is 0 Å². The average molecular weight is 445 g/mol. The number of nitrogens with zero attached hydrogens (tertiary/aromatic N) is 3. The first-order chi connectivity index (χ1) is 14.6. The molecule has 30 heavy (non-hydrogen) atoms. The molecule has 0 bridgehead atoms. The minimum Gasteiger partial charge on any atom is -0.482 e. The van der Waals surface area contributed by atoms with E-state index < -0.39 is 0 Å². The van der Waals surface area contributed by atoms with E-state index in [1.807, 2.05) is 18.2 Å². The van der Waals surface area contributed by atoms with Crippen LogP contribution in [0.1, 0.15) is 37.4 Å². The van der Waals surface area contributed by atoms with Crippen LogP contribution in [-0.4, -0.2) is 27.3 Å². The number of benzene rings is 1. The van der Waals surface area contributed by atoms with Crippen LogP contribution in [0.5, 0.6) is 5.75 Å². The van der Waals surface area contributed by atoms with Gasteiger partial charge in [0.1, 0.15) is 5.75 Å². The first-order valence-electron chi connectivity index (χ1n) is 9.93. The van der Waals surface area contributed by atoms with Gasteiger partial charge in [0, 0.05) is 23.0 Å². The number of carbonyl (C=O) groups is 1. The van der Waals surface area contributed by atoms with Crippen molar-refractivity contribution in [2.24, 2.45) is 0 Å². The summed E-state index contributed by atoms with van der Waals surface area (Å²) in [7, 11) is 0. The Labute approximate surface area is 185 Å². The summed E-state index contributed by atoms with van der Waals surface area (Å²) in [5.41, 5.74) is 2.94. The Balaban J connectivity index is 1.41. The maximum Gasteiger partial charge on any atom is 0.258 e. The van der Waals surface area contributed by atoms with Crippen molar-refractivity contribution < 1.29 is 9.53 Å². The Bertz CT molecular complexity index is 1020. The zero-order valence-electron chi connectivity index (χ0n) is 16.4. The minimum atomic E-state index is -0.248. The van der Waals surface area contributed by atoms with E-state index in [0.29, 0.717) is 28.4 Å². The monoisotopic (exact) mass is 444 g/mol. The largest absolute Gasteiger partial charge is 0.482 e. The zero-order valence-corrected chi connectivity index (χ0v) is 17.9. The molecule has 0 spiro atoms. The fourth-order valence-corrected chi connectivity index (χ4v) is 4.14. The maximum absolute atomic E-state index is 12.2. The summed E-state index contributed by atoms with van der Waals surface area (Å²) < 4.78 is 7.59. The third-order valence-corrected chi connectivity index (χ3v) is 5.68. The van der Waals surface area contributed by atoms with Gasteiger partial charge >= 0.3 is 0 Å². The molecule has 1 aromatic carbocycles. The highest BCUT2D eigenvalue weighted by molar-refractivity contribution is 6.35. The molecule has 1 aliphatic rings. The second-order valence-corrected chi connectivity index (χ2v) is 8.12. The van der Waals surface area contributed by atoms with Crippen molar-refractivity contribution in [1.82, 2.24) is 20.1 Å². The van der Waals surface area contributed by atoms with Crippen molar-refractivity contribution >= 4 is 29.1 Å². The maximum atomic E-state index is 12.2. The molecule has 1 N–H and O–H groups in total. The number of halogens is 2. The lowest BCUT2D eigenvalue weighted by Gasteiger charge is -2.14. The second-order valence-electron chi connectivity index (χ2n) is 7.28. The van der Waals surface area contributed by atoms with E-state index in [4.69, 9.17) is 33.0 Å². The number of hydrogen-bond acceptors (Lipinski definition) is 4.